The highest BCUT2D eigenvalue weighted by Gasteiger charge is 2.33. The lowest BCUT2D eigenvalue weighted by Crippen LogP contribution is -2.45. The molecule has 1 heterocycles. The van der Waals surface area contributed by atoms with E-state index in [9.17, 15) is 4.79 Å². The number of rotatable bonds is 3. The highest BCUT2D eigenvalue weighted by molar-refractivity contribution is 9.11. The van der Waals surface area contributed by atoms with Crippen molar-refractivity contribution in [1.82, 2.24) is 5.32 Å². The highest BCUT2D eigenvalue weighted by atomic mass is 79.9. The predicted molar refractivity (Wildman–Crippen MR) is 86.7 cm³/mol. The molecule has 2 nitrogen and oxygen atoms in total. The zero-order valence-corrected chi connectivity index (χ0v) is 13.8. The number of hydrogen-bond donors (Lipinski definition) is 1. The SMILES string of the molecule is O=C(N[C@H]1CC[C@H]1c1ccc(Cl)cc1)c1ccsc1Br. The molecule has 104 valence electrons. The maximum Gasteiger partial charge on any atom is 0.253 e. The molecule has 0 bridgehead atoms. The third kappa shape index (κ3) is 2.78. The van der Waals surface area contributed by atoms with E-state index in [1.807, 2.05) is 35.7 Å². The number of carbonyl (C=O) groups excluding carboxylic acids is 1. The molecule has 20 heavy (non-hydrogen) atoms. The summed E-state index contributed by atoms with van der Waals surface area (Å²) in [4.78, 5) is 12.2. The summed E-state index contributed by atoms with van der Waals surface area (Å²) in [7, 11) is 0. The fraction of sp³-hybridized carbons (Fsp3) is 0.267. The molecule has 0 saturated heterocycles. The van der Waals surface area contributed by atoms with Crippen molar-refractivity contribution >= 4 is 44.8 Å². The topological polar surface area (TPSA) is 29.1 Å². The standard InChI is InChI=1S/C15H13BrClNOS/c16-14-12(7-8-20-14)15(19)18-13-6-5-11(13)9-1-3-10(17)4-2-9/h1-4,7-8,11,13H,5-6H2,(H,18,19)/t11-,13-/m0/s1. The molecule has 3 rings (SSSR count). The number of halogens is 2. The highest BCUT2D eigenvalue weighted by Crippen LogP contribution is 2.37. The minimum atomic E-state index is 0.00166. The van der Waals surface area contributed by atoms with Crippen LogP contribution in [0.1, 0.15) is 34.7 Å². The van der Waals surface area contributed by atoms with Gasteiger partial charge < -0.3 is 5.32 Å². The average Bonchev–Trinajstić information content (AvgIpc) is 2.83. The van der Waals surface area contributed by atoms with Crippen LogP contribution in [0.15, 0.2) is 39.5 Å². The molecular weight excluding hydrogens is 358 g/mol. The van der Waals surface area contributed by atoms with Crippen LogP contribution in [0, 0.1) is 0 Å². The first-order valence-corrected chi connectivity index (χ1v) is 8.49. The molecule has 1 N–H and O–H groups in total. The summed E-state index contributed by atoms with van der Waals surface area (Å²) in [5.41, 5.74) is 1.96. The van der Waals surface area contributed by atoms with Gasteiger partial charge in [0.1, 0.15) is 0 Å². The Kier molecular flexibility index (Phi) is 4.15. The van der Waals surface area contributed by atoms with Gasteiger partial charge in [0, 0.05) is 17.0 Å². The number of amides is 1. The largest absolute Gasteiger partial charge is 0.349 e. The first-order valence-electron chi connectivity index (χ1n) is 6.44. The third-order valence-corrected chi connectivity index (χ3v) is 5.69. The zero-order valence-electron chi connectivity index (χ0n) is 10.6. The first-order chi connectivity index (χ1) is 9.65. The Morgan fingerprint density at radius 2 is 2.00 bits per heavy atom. The maximum absolute atomic E-state index is 12.2. The summed E-state index contributed by atoms with van der Waals surface area (Å²) in [6.45, 7) is 0. The quantitative estimate of drug-likeness (QED) is 0.823. The van der Waals surface area contributed by atoms with Crippen molar-refractivity contribution in [2.75, 3.05) is 0 Å². The van der Waals surface area contributed by atoms with Gasteiger partial charge >= 0.3 is 0 Å². The molecule has 0 aliphatic heterocycles. The molecule has 0 spiro atoms. The molecule has 1 saturated carbocycles. The van der Waals surface area contributed by atoms with Crippen LogP contribution in [0.4, 0.5) is 0 Å². The van der Waals surface area contributed by atoms with E-state index in [-0.39, 0.29) is 11.9 Å². The Bertz CT molecular complexity index is 625. The van der Waals surface area contributed by atoms with Gasteiger partial charge in [0.2, 0.25) is 0 Å². The van der Waals surface area contributed by atoms with Gasteiger partial charge in [-0.2, -0.15) is 0 Å². The molecule has 2 atom stereocenters. The summed E-state index contributed by atoms with van der Waals surface area (Å²) in [6, 6.07) is 9.97. The van der Waals surface area contributed by atoms with Crippen LogP contribution in [0.25, 0.3) is 0 Å². The molecule has 1 aliphatic rings. The minimum absolute atomic E-state index is 0.00166. The fourth-order valence-electron chi connectivity index (χ4n) is 2.48. The molecule has 2 aromatic rings. The van der Waals surface area contributed by atoms with Crippen molar-refractivity contribution in [1.29, 1.82) is 0 Å². The Morgan fingerprint density at radius 1 is 1.25 bits per heavy atom. The van der Waals surface area contributed by atoms with Crippen LogP contribution < -0.4 is 5.32 Å². The van der Waals surface area contributed by atoms with Gasteiger partial charge in [-0.1, -0.05) is 23.7 Å². The normalized spacial score (nSPS) is 21.3. The zero-order chi connectivity index (χ0) is 14.1. The number of thiophene rings is 1. The third-order valence-electron chi connectivity index (χ3n) is 3.75. The van der Waals surface area contributed by atoms with Gasteiger partial charge in [0.15, 0.2) is 0 Å². The summed E-state index contributed by atoms with van der Waals surface area (Å²) in [5.74, 6) is 0.399. The van der Waals surface area contributed by atoms with E-state index in [1.165, 1.54) is 16.9 Å². The lowest BCUT2D eigenvalue weighted by Gasteiger charge is -2.37. The lowest BCUT2D eigenvalue weighted by atomic mass is 9.75. The van der Waals surface area contributed by atoms with Crippen LogP contribution in [0.5, 0.6) is 0 Å². The Balaban J connectivity index is 1.68. The van der Waals surface area contributed by atoms with Gasteiger partial charge in [0.25, 0.3) is 5.91 Å². The number of hydrogen-bond acceptors (Lipinski definition) is 2. The number of nitrogens with one attached hydrogen (secondary N) is 1. The van der Waals surface area contributed by atoms with E-state index in [0.29, 0.717) is 5.92 Å². The monoisotopic (exact) mass is 369 g/mol. The van der Waals surface area contributed by atoms with Crippen LogP contribution in [-0.4, -0.2) is 11.9 Å². The molecular formula is C15H13BrClNOS. The van der Waals surface area contributed by atoms with Crippen LogP contribution in [0.3, 0.4) is 0 Å². The molecule has 1 amide bonds. The molecule has 5 heteroatoms. The Morgan fingerprint density at radius 3 is 2.55 bits per heavy atom. The molecule has 1 aliphatic carbocycles. The summed E-state index contributed by atoms with van der Waals surface area (Å²) < 4.78 is 0.886. The molecule has 1 aromatic carbocycles. The van der Waals surface area contributed by atoms with E-state index in [2.05, 4.69) is 21.2 Å². The summed E-state index contributed by atoms with van der Waals surface area (Å²) in [6.07, 6.45) is 2.14. The second-order valence-electron chi connectivity index (χ2n) is 4.92. The summed E-state index contributed by atoms with van der Waals surface area (Å²) >= 11 is 10.8. The van der Waals surface area contributed by atoms with E-state index in [1.54, 1.807) is 0 Å². The van der Waals surface area contributed by atoms with Gasteiger partial charge in [-0.25, -0.2) is 0 Å². The molecule has 0 radical (unpaired) electrons. The van der Waals surface area contributed by atoms with Gasteiger partial charge in [-0.3, -0.25) is 4.79 Å². The van der Waals surface area contributed by atoms with Crippen molar-refractivity contribution in [2.45, 2.75) is 24.8 Å². The molecule has 1 aromatic heterocycles. The van der Waals surface area contributed by atoms with E-state index in [4.69, 9.17) is 11.6 Å². The van der Waals surface area contributed by atoms with Gasteiger partial charge in [-0.15, -0.1) is 11.3 Å². The van der Waals surface area contributed by atoms with Crippen molar-refractivity contribution in [3.05, 3.63) is 55.6 Å². The van der Waals surface area contributed by atoms with E-state index >= 15 is 0 Å². The van der Waals surface area contributed by atoms with Crippen molar-refractivity contribution in [2.24, 2.45) is 0 Å². The fourth-order valence-corrected chi connectivity index (χ4v) is 3.86. The predicted octanol–water partition coefficient (Wildman–Crippen LogP) is 4.84. The van der Waals surface area contributed by atoms with Crippen molar-refractivity contribution in [3.8, 4) is 0 Å². The molecule has 1 fully saturated rings. The Hall–Kier alpha value is -0.840. The molecule has 0 unspecified atom stereocenters. The van der Waals surface area contributed by atoms with Crippen molar-refractivity contribution in [3.63, 3.8) is 0 Å². The maximum atomic E-state index is 12.2. The lowest BCUT2D eigenvalue weighted by molar-refractivity contribution is 0.0904. The summed E-state index contributed by atoms with van der Waals surface area (Å²) in [5, 5.41) is 5.79. The van der Waals surface area contributed by atoms with Crippen molar-refractivity contribution < 1.29 is 4.79 Å². The van der Waals surface area contributed by atoms with Crippen LogP contribution in [0.2, 0.25) is 5.02 Å². The minimum Gasteiger partial charge on any atom is -0.349 e. The number of benzene rings is 1. The van der Waals surface area contributed by atoms with Crippen LogP contribution >= 0.6 is 38.9 Å². The first kappa shape index (κ1) is 14.1. The Labute approximate surface area is 135 Å². The second kappa shape index (κ2) is 5.88. The number of carbonyl (C=O) groups is 1. The smallest absolute Gasteiger partial charge is 0.253 e. The average molecular weight is 371 g/mol. The van der Waals surface area contributed by atoms with E-state index < -0.39 is 0 Å². The second-order valence-corrected chi connectivity index (χ2v) is 7.59. The van der Waals surface area contributed by atoms with Crippen LogP contribution in [-0.2, 0) is 0 Å². The van der Waals surface area contributed by atoms with Gasteiger partial charge in [-0.05, 0) is 57.9 Å². The van der Waals surface area contributed by atoms with Gasteiger partial charge in [0.05, 0.1) is 9.35 Å². The van der Waals surface area contributed by atoms with E-state index in [0.717, 1.165) is 27.2 Å².